The third-order valence-corrected chi connectivity index (χ3v) is 7.53. The van der Waals surface area contributed by atoms with Crippen LogP contribution in [0.15, 0.2) is 90.0 Å². The number of rotatable bonds is 6. The van der Waals surface area contributed by atoms with Gasteiger partial charge in [-0.2, -0.15) is 0 Å². The number of nitrogens with one attached hydrogen (secondary N) is 1. The van der Waals surface area contributed by atoms with E-state index in [0.29, 0.717) is 12.2 Å². The second-order valence-electron chi connectivity index (χ2n) is 10.1. The summed E-state index contributed by atoms with van der Waals surface area (Å²) in [5, 5.41) is 4.00. The van der Waals surface area contributed by atoms with Crippen molar-refractivity contribution < 1.29 is 4.79 Å². The van der Waals surface area contributed by atoms with E-state index in [-0.39, 0.29) is 11.1 Å². The van der Waals surface area contributed by atoms with Gasteiger partial charge in [0.05, 0.1) is 5.52 Å². The molecule has 194 valence electrons. The summed E-state index contributed by atoms with van der Waals surface area (Å²) in [7, 11) is 0. The highest BCUT2D eigenvalue weighted by Gasteiger charge is 2.22. The largest absolute Gasteiger partial charge is 0.306 e. The van der Waals surface area contributed by atoms with E-state index in [9.17, 15) is 9.59 Å². The predicted molar refractivity (Wildman–Crippen MR) is 155 cm³/mol. The lowest BCUT2D eigenvalue weighted by molar-refractivity contribution is 0.102. The van der Waals surface area contributed by atoms with Crippen LogP contribution in [-0.2, 0) is 25.7 Å². The van der Waals surface area contributed by atoms with Crippen molar-refractivity contribution in [3.8, 4) is 5.69 Å². The normalized spacial score (nSPS) is 12.7. The molecule has 6 nitrogen and oxygen atoms in total. The first-order chi connectivity index (χ1) is 19.1. The number of nitrogens with zero attached hydrogens (tertiary/aromatic N) is 3. The zero-order chi connectivity index (χ0) is 26.8. The first-order valence-corrected chi connectivity index (χ1v) is 13.6. The van der Waals surface area contributed by atoms with Crippen LogP contribution in [0.1, 0.15) is 58.1 Å². The summed E-state index contributed by atoms with van der Waals surface area (Å²) in [6.07, 6.45) is 9.08. The Bertz CT molecular complexity index is 1720. The number of carbonyl (C=O) groups excluding carboxylic acids is 1. The topological polar surface area (TPSA) is 76.9 Å². The van der Waals surface area contributed by atoms with E-state index < -0.39 is 5.91 Å². The van der Waals surface area contributed by atoms with Gasteiger partial charge in [0.25, 0.3) is 11.5 Å². The summed E-state index contributed by atoms with van der Waals surface area (Å²) >= 11 is 0. The van der Waals surface area contributed by atoms with E-state index in [1.165, 1.54) is 11.1 Å². The first-order valence-electron chi connectivity index (χ1n) is 13.6. The van der Waals surface area contributed by atoms with Crippen molar-refractivity contribution in [2.45, 2.75) is 45.4 Å². The maximum Gasteiger partial charge on any atom is 0.268 e. The average molecular weight is 515 g/mol. The highest BCUT2D eigenvalue weighted by atomic mass is 16.2. The number of hydrogen-bond donors (Lipinski definition) is 1. The minimum Gasteiger partial charge on any atom is -0.306 e. The summed E-state index contributed by atoms with van der Waals surface area (Å²) in [5.74, 6) is -0.0227. The van der Waals surface area contributed by atoms with Gasteiger partial charge in [-0.25, -0.2) is 4.98 Å². The van der Waals surface area contributed by atoms with Gasteiger partial charge >= 0.3 is 0 Å². The highest BCUT2D eigenvalue weighted by Crippen LogP contribution is 2.24. The van der Waals surface area contributed by atoms with Gasteiger partial charge in [-0.1, -0.05) is 37.3 Å². The Morgan fingerprint density at radius 3 is 2.54 bits per heavy atom. The van der Waals surface area contributed by atoms with E-state index >= 15 is 0 Å². The number of aromatic nitrogens is 3. The molecule has 6 rings (SSSR count). The Morgan fingerprint density at radius 2 is 1.74 bits per heavy atom. The molecule has 0 fully saturated rings. The van der Waals surface area contributed by atoms with Gasteiger partial charge in [0.1, 0.15) is 11.4 Å². The third-order valence-electron chi connectivity index (χ3n) is 7.53. The van der Waals surface area contributed by atoms with Crippen LogP contribution >= 0.6 is 0 Å². The summed E-state index contributed by atoms with van der Waals surface area (Å²) in [6, 6.07) is 23.5. The SMILES string of the molecule is CCc1ccc2nccc(Cc3ccc(NC(=O)c4cc5c(n(-c6ccccc6)c4=O)CCCC5)nc3)c2c1. The lowest BCUT2D eigenvalue weighted by Crippen LogP contribution is -2.32. The van der Waals surface area contributed by atoms with E-state index in [4.69, 9.17) is 0 Å². The fraction of sp³-hybridized carbons (Fsp3) is 0.212. The molecule has 3 aromatic heterocycles. The van der Waals surface area contributed by atoms with Gasteiger partial charge in [0.2, 0.25) is 0 Å². The van der Waals surface area contributed by atoms with Crippen molar-refractivity contribution in [3.05, 3.63) is 129 Å². The molecule has 0 radical (unpaired) electrons. The van der Waals surface area contributed by atoms with Gasteiger partial charge in [-0.15, -0.1) is 0 Å². The lowest BCUT2D eigenvalue weighted by Gasteiger charge is -2.22. The monoisotopic (exact) mass is 514 g/mol. The zero-order valence-corrected chi connectivity index (χ0v) is 22.0. The van der Waals surface area contributed by atoms with Gasteiger partial charge in [-0.05, 0) is 103 Å². The van der Waals surface area contributed by atoms with Crippen LogP contribution in [0.2, 0.25) is 0 Å². The Kier molecular flexibility index (Phi) is 6.76. The van der Waals surface area contributed by atoms with E-state index in [1.54, 1.807) is 22.9 Å². The summed E-state index contributed by atoms with van der Waals surface area (Å²) in [5.41, 5.74) is 7.17. The number of fused-ring (bicyclic) bond motifs is 2. The molecule has 6 heteroatoms. The van der Waals surface area contributed by atoms with Crippen LogP contribution in [0, 0.1) is 0 Å². The number of carbonyl (C=O) groups is 1. The van der Waals surface area contributed by atoms with Crippen LogP contribution in [-0.4, -0.2) is 20.4 Å². The Hall–Kier alpha value is -4.58. The van der Waals surface area contributed by atoms with Crippen LogP contribution in [0.3, 0.4) is 0 Å². The standard InChI is InChI=1S/C33H30N4O2/c1-2-22-12-14-29-27(19-22)24(16-17-34-29)18-23-13-15-31(35-21-23)36-32(38)28-20-25-8-6-7-11-30(25)37(33(28)39)26-9-4-3-5-10-26/h3-5,9-10,12-17,19-21H,2,6-8,11,18H2,1H3,(H,35,36,38). The second-order valence-corrected chi connectivity index (χ2v) is 10.1. The molecule has 1 amide bonds. The van der Waals surface area contributed by atoms with Crippen molar-refractivity contribution in [1.82, 2.24) is 14.5 Å². The number of hydrogen-bond acceptors (Lipinski definition) is 4. The Balaban J connectivity index is 1.26. The van der Waals surface area contributed by atoms with Crippen molar-refractivity contribution in [1.29, 1.82) is 0 Å². The molecule has 0 atom stereocenters. The van der Waals surface area contributed by atoms with Crippen LogP contribution in [0.25, 0.3) is 16.6 Å². The molecule has 2 aromatic carbocycles. The van der Waals surface area contributed by atoms with Crippen LogP contribution in [0.4, 0.5) is 5.82 Å². The van der Waals surface area contributed by atoms with Gasteiger partial charge in [0, 0.05) is 29.2 Å². The smallest absolute Gasteiger partial charge is 0.268 e. The van der Waals surface area contributed by atoms with Gasteiger partial charge in [0.15, 0.2) is 0 Å². The highest BCUT2D eigenvalue weighted by molar-refractivity contribution is 6.03. The maximum absolute atomic E-state index is 13.6. The summed E-state index contributed by atoms with van der Waals surface area (Å²) < 4.78 is 1.71. The zero-order valence-electron chi connectivity index (χ0n) is 22.0. The molecule has 3 heterocycles. The molecule has 0 unspecified atom stereocenters. The number of amides is 1. The quantitative estimate of drug-likeness (QED) is 0.299. The van der Waals surface area contributed by atoms with Crippen molar-refractivity contribution in [3.63, 3.8) is 0 Å². The van der Waals surface area contributed by atoms with Crippen LogP contribution in [0.5, 0.6) is 0 Å². The molecule has 0 saturated carbocycles. The van der Waals surface area contributed by atoms with E-state index in [0.717, 1.165) is 65.5 Å². The van der Waals surface area contributed by atoms with Gasteiger partial charge < -0.3 is 5.32 Å². The van der Waals surface area contributed by atoms with E-state index in [1.807, 2.05) is 48.7 Å². The molecular formula is C33H30N4O2. The number of anilines is 1. The average Bonchev–Trinajstić information content (AvgIpc) is 2.98. The fourth-order valence-electron chi connectivity index (χ4n) is 5.45. The van der Waals surface area contributed by atoms with E-state index in [2.05, 4.69) is 40.4 Å². The molecule has 0 spiro atoms. The molecular weight excluding hydrogens is 484 g/mol. The van der Waals surface area contributed by atoms with Crippen molar-refractivity contribution in [2.75, 3.05) is 5.32 Å². The second kappa shape index (κ2) is 10.7. The third kappa shape index (κ3) is 4.98. The minimum absolute atomic E-state index is 0.139. The summed E-state index contributed by atoms with van der Waals surface area (Å²) in [4.78, 5) is 35.9. The molecule has 1 aliphatic rings. The molecule has 0 aliphatic heterocycles. The van der Waals surface area contributed by atoms with Crippen molar-refractivity contribution in [2.24, 2.45) is 0 Å². The number of pyridine rings is 3. The lowest BCUT2D eigenvalue weighted by atomic mass is 9.94. The molecule has 0 saturated heterocycles. The molecule has 39 heavy (non-hydrogen) atoms. The molecule has 1 N–H and O–H groups in total. The number of benzene rings is 2. The Labute approximate surface area is 227 Å². The number of aryl methyl sites for hydroxylation is 2. The van der Waals surface area contributed by atoms with Crippen LogP contribution < -0.4 is 10.9 Å². The van der Waals surface area contributed by atoms with Gasteiger partial charge in [-0.3, -0.25) is 19.1 Å². The molecule has 0 bridgehead atoms. The fourth-order valence-corrected chi connectivity index (χ4v) is 5.45. The molecule has 1 aliphatic carbocycles. The number of para-hydroxylation sites is 1. The maximum atomic E-state index is 13.6. The van der Waals surface area contributed by atoms with Crippen molar-refractivity contribution >= 4 is 22.6 Å². The summed E-state index contributed by atoms with van der Waals surface area (Å²) in [6.45, 7) is 2.15. The Morgan fingerprint density at radius 1 is 0.923 bits per heavy atom. The predicted octanol–water partition coefficient (Wildman–Crippen LogP) is 6.07. The molecule has 5 aromatic rings. The first kappa shape index (κ1) is 24.7. The minimum atomic E-state index is -0.439.